The van der Waals surface area contributed by atoms with Gasteiger partial charge in [-0.3, -0.25) is 9.52 Å². The van der Waals surface area contributed by atoms with Crippen molar-refractivity contribution in [3.63, 3.8) is 0 Å². The summed E-state index contributed by atoms with van der Waals surface area (Å²) in [7, 11) is -2.58. The second-order valence-electron chi connectivity index (χ2n) is 6.06. The molecule has 0 bridgehead atoms. The molecule has 0 saturated heterocycles. The van der Waals surface area contributed by atoms with Gasteiger partial charge in [-0.1, -0.05) is 13.0 Å². The predicted molar refractivity (Wildman–Crippen MR) is 112 cm³/mol. The third-order valence-electron chi connectivity index (χ3n) is 3.68. The van der Waals surface area contributed by atoms with Crippen LogP contribution in [-0.4, -0.2) is 34.6 Å². The van der Waals surface area contributed by atoms with Crippen LogP contribution in [0.4, 0.5) is 11.4 Å². The highest BCUT2D eigenvalue weighted by Gasteiger charge is 2.22. The number of amides is 1. The molecule has 2 aromatic carbocycles. The first-order valence-corrected chi connectivity index (χ1v) is 10.9. The van der Waals surface area contributed by atoms with Gasteiger partial charge in [-0.2, -0.15) is 0 Å². The van der Waals surface area contributed by atoms with Gasteiger partial charge in [-0.15, -0.1) is 0 Å². The summed E-state index contributed by atoms with van der Waals surface area (Å²) in [6, 6.07) is 9.74. The molecule has 0 aliphatic heterocycles. The number of halogens is 1. The van der Waals surface area contributed by atoms with E-state index in [4.69, 9.17) is 9.47 Å². The molecule has 0 spiro atoms. The normalized spacial score (nSPS) is 11.1. The molecule has 2 rings (SSSR count). The highest BCUT2D eigenvalue weighted by molar-refractivity contribution is 9.10. The van der Waals surface area contributed by atoms with Gasteiger partial charge in [-0.05, 0) is 65.2 Å². The number of rotatable bonds is 9. The molecule has 2 aromatic rings. The number of hydrogen-bond donors (Lipinski definition) is 2. The maximum Gasteiger partial charge on any atom is 0.265 e. The number of nitrogens with one attached hydrogen (secondary N) is 2. The van der Waals surface area contributed by atoms with Gasteiger partial charge in [0.15, 0.2) is 0 Å². The van der Waals surface area contributed by atoms with Crippen molar-refractivity contribution in [1.29, 1.82) is 0 Å². The van der Waals surface area contributed by atoms with E-state index in [2.05, 4.69) is 26.0 Å². The third-order valence-corrected chi connectivity index (χ3v) is 5.76. The molecule has 2 N–H and O–H groups in total. The number of anilines is 2. The van der Waals surface area contributed by atoms with Gasteiger partial charge in [-0.25, -0.2) is 8.42 Å². The molecule has 0 aliphatic carbocycles. The fraction of sp³-hybridized carbons (Fsp3) is 0.316. The van der Waals surface area contributed by atoms with Gasteiger partial charge in [0, 0.05) is 16.8 Å². The fourth-order valence-electron chi connectivity index (χ4n) is 2.39. The fourth-order valence-corrected chi connectivity index (χ4v) is 4.13. The minimum Gasteiger partial charge on any atom is -0.495 e. The Labute approximate surface area is 173 Å². The zero-order chi connectivity index (χ0) is 20.7. The summed E-state index contributed by atoms with van der Waals surface area (Å²) in [5.41, 5.74) is 1.64. The monoisotopic (exact) mass is 470 g/mol. The Morgan fingerprint density at radius 1 is 1.18 bits per heavy atom. The lowest BCUT2D eigenvalue weighted by Gasteiger charge is -2.15. The molecular formula is C19H23BrN2O5S. The minimum atomic E-state index is -3.96. The summed E-state index contributed by atoms with van der Waals surface area (Å²) in [6.45, 7) is 4.18. The standard InChI is InChI=1S/C19H23BrN2O5S/c1-4-9-27-12-19(23)21-14-6-8-17(26-3)18(11-14)28(24,25)22-16-10-13(2)5-7-15(16)20/h5-8,10-11,22H,4,9,12H2,1-3H3,(H,21,23). The summed E-state index contributed by atoms with van der Waals surface area (Å²) < 4.78 is 39.4. The summed E-state index contributed by atoms with van der Waals surface area (Å²) in [5.74, 6) is -0.201. The molecule has 9 heteroatoms. The Bertz CT molecular complexity index is 947. The van der Waals surface area contributed by atoms with E-state index in [1.54, 1.807) is 18.2 Å². The van der Waals surface area contributed by atoms with Gasteiger partial charge >= 0.3 is 0 Å². The largest absolute Gasteiger partial charge is 0.495 e. The maximum absolute atomic E-state index is 12.9. The predicted octanol–water partition coefficient (Wildman–Crippen LogP) is 3.93. The van der Waals surface area contributed by atoms with Crippen molar-refractivity contribution < 1.29 is 22.7 Å². The zero-order valence-corrected chi connectivity index (χ0v) is 18.3. The van der Waals surface area contributed by atoms with E-state index in [1.807, 2.05) is 19.9 Å². The molecule has 0 aliphatic rings. The molecular weight excluding hydrogens is 448 g/mol. The SMILES string of the molecule is CCCOCC(=O)Nc1ccc(OC)c(S(=O)(=O)Nc2cc(C)ccc2Br)c1. The molecule has 152 valence electrons. The van der Waals surface area contributed by atoms with Crippen LogP contribution < -0.4 is 14.8 Å². The van der Waals surface area contributed by atoms with Crippen LogP contribution in [0, 0.1) is 6.92 Å². The summed E-state index contributed by atoms with van der Waals surface area (Å²) in [6.07, 6.45) is 0.804. The molecule has 1 amide bonds. The van der Waals surface area contributed by atoms with E-state index >= 15 is 0 Å². The van der Waals surface area contributed by atoms with Gasteiger partial charge in [0.1, 0.15) is 17.3 Å². The smallest absolute Gasteiger partial charge is 0.265 e. The third kappa shape index (κ3) is 5.95. The molecule has 28 heavy (non-hydrogen) atoms. The van der Waals surface area contributed by atoms with Crippen LogP contribution in [0.5, 0.6) is 5.75 Å². The number of sulfonamides is 1. The van der Waals surface area contributed by atoms with Crippen LogP contribution in [0.1, 0.15) is 18.9 Å². The summed E-state index contributed by atoms with van der Waals surface area (Å²) in [4.78, 5) is 11.8. The van der Waals surface area contributed by atoms with Gasteiger partial charge < -0.3 is 14.8 Å². The Kier molecular flexibility index (Phi) is 7.85. The lowest BCUT2D eigenvalue weighted by Crippen LogP contribution is -2.19. The number of benzene rings is 2. The van der Waals surface area contributed by atoms with Crippen molar-refractivity contribution in [2.75, 3.05) is 30.4 Å². The topological polar surface area (TPSA) is 93.7 Å². The van der Waals surface area contributed by atoms with E-state index in [0.29, 0.717) is 22.5 Å². The molecule has 0 radical (unpaired) electrons. The molecule has 7 nitrogen and oxygen atoms in total. The highest BCUT2D eigenvalue weighted by Crippen LogP contribution is 2.31. The van der Waals surface area contributed by atoms with Gasteiger partial charge in [0.2, 0.25) is 5.91 Å². The van der Waals surface area contributed by atoms with E-state index < -0.39 is 10.0 Å². The first-order chi connectivity index (χ1) is 13.3. The van der Waals surface area contributed by atoms with Crippen LogP contribution in [-0.2, 0) is 19.6 Å². The first kappa shape index (κ1) is 22.2. The Morgan fingerprint density at radius 3 is 2.61 bits per heavy atom. The molecule has 0 heterocycles. The second-order valence-corrected chi connectivity index (χ2v) is 8.56. The zero-order valence-electron chi connectivity index (χ0n) is 15.9. The summed E-state index contributed by atoms with van der Waals surface area (Å²) >= 11 is 3.34. The first-order valence-electron chi connectivity index (χ1n) is 8.61. The lowest BCUT2D eigenvalue weighted by molar-refractivity contribution is -0.120. The van der Waals surface area contributed by atoms with Gasteiger partial charge in [0.05, 0.1) is 12.8 Å². The number of ether oxygens (including phenoxy) is 2. The molecule has 0 fully saturated rings. The van der Waals surface area contributed by atoms with Crippen LogP contribution in [0.25, 0.3) is 0 Å². The molecule has 0 aromatic heterocycles. The van der Waals surface area contributed by atoms with Crippen molar-refractivity contribution in [3.8, 4) is 5.75 Å². The Morgan fingerprint density at radius 2 is 1.93 bits per heavy atom. The lowest BCUT2D eigenvalue weighted by atomic mass is 10.2. The van der Waals surface area contributed by atoms with Crippen LogP contribution in [0.2, 0.25) is 0 Å². The Hall–Kier alpha value is -2.10. The van der Waals surface area contributed by atoms with Crippen molar-refractivity contribution in [2.45, 2.75) is 25.2 Å². The number of aryl methyl sites for hydroxylation is 1. The minimum absolute atomic E-state index is 0.0873. The van der Waals surface area contributed by atoms with Crippen molar-refractivity contribution in [1.82, 2.24) is 0 Å². The Balaban J connectivity index is 2.29. The second kappa shape index (κ2) is 9.90. The van der Waals surface area contributed by atoms with Crippen LogP contribution >= 0.6 is 15.9 Å². The maximum atomic E-state index is 12.9. The molecule has 0 saturated carbocycles. The number of carbonyl (C=O) groups is 1. The van der Waals surface area contributed by atoms with E-state index in [9.17, 15) is 13.2 Å². The average Bonchev–Trinajstić information content (AvgIpc) is 2.64. The van der Waals surface area contributed by atoms with E-state index in [0.717, 1.165) is 12.0 Å². The number of carbonyl (C=O) groups excluding carboxylic acids is 1. The van der Waals surface area contributed by atoms with Crippen LogP contribution in [0.15, 0.2) is 45.8 Å². The van der Waals surface area contributed by atoms with Crippen molar-refractivity contribution in [3.05, 3.63) is 46.4 Å². The number of methoxy groups -OCH3 is 1. The van der Waals surface area contributed by atoms with Gasteiger partial charge in [0.25, 0.3) is 10.0 Å². The quantitative estimate of drug-likeness (QED) is 0.541. The van der Waals surface area contributed by atoms with Crippen LogP contribution in [0.3, 0.4) is 0 Å². The van der Waals surface area contributed by atoms with Crippen molar-refractivity contribution in [2.24, 2.45) is 0 Å². The molecule has 0 unspecified atom stereocenters. The van der Waals surface area contributed by atoms with E-state index in [1.165, 1.54) is 19.2 Å². The number of hydrogen-bond acceptors (Lipinski definition) is 5. The average molecular weight is 471 g/mol. The van der Waals surface area contributed by atoms with Crippen molar-refractivity contribution >= 4 is 43.2 Å². The highest BCUT2D eigenvalue weighted by atomic mass is 79.9. The molecule has 0 atom stereocenters. The van der Waals surface area contributed by atoms with E-state index in [-0.39, 0.29) is 23.2 Å². The summed E-state index contributed by atoms with van der Waals surface area (Å²) in [5, 5.41) is 2.63.